The third-order valence-corrected chi connectivity index (χ3v) is 7.23. The number of alkyl halides is 4. The maximum absolute atomic E-state index is 14.7. The monoisotopic (exact) mass is 624 g/mol. The first-order chi connectivity index (χ1) is 21.4. The molecule has 5 aromatic rings. The fraction of sp³-hybridized carbons (Fsp3) is 0.286. The number of aromatic nitrogens is 7. The van der Waals surface area contributed by atoms with E-state index in [1.807, 2.05) is 0 Å². The molecule has 0 aliphatic carbocycles. The van der Waals surface area contributed by atoms with Crippen molar-refractivity contribution in [2.75, 3.05) is 17.2 Å². The van der Waals surface area contributed by atoms with E-state index in [1.165, 1.54) is 32.4 Å². The number of carbonyl (C=O) groups is 3. The summed E-state index contributed by atoms with van der Waals surface area (Å²) in [5, 5.41) is 9.59. The van der Waals surface area contributed by atoms with Crippen molar-refractivity contribution in [3.8, 4) is 0 Å². The standard InChI is InChI=1S/C28H24F4N10O3/c1-14-5-23(42-27(35-14)38-26(39-42)28(30,31)32)37-25(45)22-6-16(29)10-41(22)24(44)12-40-11-20(15(2)43)19-7-17(3-4-21(19)40)36-18-8-33-13-34-9-18/h3-5,7-9,11,13,16,22,36H,6,10,12H2,1-2H3,(H,37,45). The molecular weight excluding hydrogens is 600 g/mol. The number of carbonyl (C=O) groups excluding carboxylic acids is 3. The van der Waals surface area contributed by atoms with Crippen LogP contribution in [-0.2, 0) is 22.3 Å². The Morgan fingerprint density at radius 2 is 1.82 bits per heavy atom. The molecule has 17 heteroatoms. The lowest BCUT2D eigenvalue weighted by Crippen LogP contribution is -2.44. The highest BCUT2D eigenvalue weighted by atomic mass is 19.4. The minimum Gasteiger partial charge on any atom is -0.353 e. The van der Waals surface area contributed by atoms with Gasteiger partial charge in [0.25, 0.3) is 11.6 Å². The molecule has 2 unspecified atom stereocenters. The van der Waals surface area contributed by atoms with Crippen molar-refractivity contribution < 1.29 is 31.9 Å². The van der Waals surface area contributed by atoms with Gasteiger partial charge in [0.1, 0.15) is 30.9 Å². The lowest BCUT2D eigenvalue weighted by atomic mass is 10.1. The van der Waals surface area contributed by atoms with Gasteiger partial charge >= 0.3 is 6.18 Å². The minimum absolute atomic E-state index is 0.172. The molecule has 0 spiro atoms. The van der Waals surface area contributed by atoms with Crippen LogP contribution in [0.3, 0.4) is 0 Å². The molecule has 0 saturated carbocycles. The van der Waals surface area contributed by atoms with Crippen LogP contribution in [0.15, 0.2) is 49.2 Å². The number of halogens is 4. The highest BCUT2D eigenvalue weighted by Crippen LogP contribution is 2.30. The van der Waals surface area contributed by atoms with Gasteiger partial charge in [-0.25, -0.2) is 19.3 Å². The normalized spacial score (nSPS) is 16.8. The summed E-state index contributed by atoms with van der Waals surface area (Å²) in [6, 6.07) is 5.24. The van der Waals surface area contributed by atoms with Gasteiger partial charge in [0.2, 0.25) is 11.8 Å². The number of Topliss-reactive ketones (excluding diaryl/α,β-unsaturated/α-hetero) is 1. The van der Waals surface area contributed by atoms with Crippen molar-refractivity contribution in [3.05, 3.63) is 66.3 Å². The lowest BCUT2D eigenvalue weighted by molar-refractivity contribution is -0.144. The molecular formula is C28H24F4N10O3. The van der Waals surface area contributed by atoms with Crippen LogP contribution < -0.4 is 10.6 Å². The molecule has 4 aromatic heterocycles. The van der Waals surface area contributed by atoms with E-state index in [4.69, 9.17) is 0 Å². The van der Waals surface area contributed by atoms with Crippen molar-refractivity contribution in [1.29, 1.82) is 0 Å². The number of aryl methyl sites for hydroxylation is 1. The number of amides is 2. The highest BCUT2D eigenvalue weighted by Gasteiger charge is 2.41. The van der Waals surface area contributed by atoms with Gasteiger partial charge < -0.3 is 20.1 Å². The van der Waals surface area contributed by atoms with E-state index in [9.17, 15) is 31.9 Å². The molecule has 1 aliphatic rings. The van der Waals surface area contributed by atoms with Crippen LogP contribution in [0.25, 0.3) is 16.7 Å². The largest absolute Gasteiger partial charge is 0.453 e. The zero-order chi connectivity index (χ0) is 32.0. The van der Waals surface area contributed by atoms with Crippen LogP contribution in [0.2, 0.25) is 0 Å². The molecule has 2 amide bonds. The number of rotatable bonds is 7. The number of anilines is 3. The van der Waals surface area contributed by atoms with E-state index in [-0.39, 0.29) is 36.8 Å². The van der Waals surface area contributed by atoms with Gasteiger partial charge in [-0.05, 0) is 32.0 Å². The van der Waals surface area contributed by atoms with Crippen LogP contribution in [0, 0.1) is 6.92 Å². The molecule has 2 N–H and O–H groups in total. The number of fused-ring (bicyclic) bond motifs is 2. The SMILES string of the molecule is CC(=O)c1cn(CC(=O)N2CC(F)CC2C(=O)Nc2cc(C)nc3nc(C(F)(F)F)nn23)c2ccc(Nc3cncnc3)cc12. The van der Waals surface area contributed by atoms with E-state index < -0.39 is 41.8 Å². The molecule has 45 heavy (non-hydrogen) atoms. The summed E-state index contributed by atoms with van der Waals surface area (Å²) in [5.41, 5.74) is 2.44. The molecule has 2 atom stereocenters. The molecule has 1 aliphatic heterocycles. The summed E-state index contributed by atoms with van der Waals surface area (Å²) in [6.45, 7) is 2.21. The second-order valence-corrected chi connectivity index (χ2v) is 10.5. The first-order valence-corrected chi connectivity index (χ1v) is 13.6. The minimum atomic E-state index is -4.85. The summed E-state index contributed by atoms with van der Waals surface area (Å²) >= 11 is 0. The zero-order valence-electron chi connectivity index (χ0n) is 23.7. The number of hydrogen-bond donors (Lipinski definition) is 2. The first kappa shape index (κ1) is 29.6. The number of benzene rings is 1. The first-order valence-electron chi connectivity index (χ1n) is 13.6. The third-order valence-electron chi connectivity index (χ3n) is 7.23. The van der Waals surface area contributed by atoms with Crippen LogP contribution in [0.1, 0.15) is 35.2 Å². The van der Waals surface area contributed by atoms with Crippen LogP contribution in [0.5, 0.6) is 0 Å². The number of nitrogens with one attached hydrogen (secondary N) is 2. The Morgan fingerprint density at radius 3 is 2.53 bits per heavy atom. The Kier molecular flexibility index (Phi) is 7.38. The Morgan fingerprint density at radius 1 is 1.07 bits per heavy atom. The molecule has 1 fully saturated rings. The van der Waals surface area contributed by atoms with E-state index in [0.717, 1.165) is 9.42 Å². The fourth-order valence-corrected chi connectivity index (χ4v) is 5.27. The van der Waals surface area contributed by atoms with E-state index in [0.29, 0.717) is 27.8 Å². The highest BCUT2D eigenvalue weighted by molar-refractivity contribution is 6.08. The van der Waals surface area contributed by atoms with Gasteiger partial charge in [-0.1, -0.05) is 0 Å². The summed E-state index contributed by atoms with van der Waals surface area (Å²) < 4.78 is 56.6. The summed E-state index contributed by atoms with van der Waals surface area (Å²) in [6.07, 6.45) is -0.607. The van der Waals surface area contributed by atoms with Crippen molar-refractivity contribution >= 4 is 51.5 Å². The second kappa shape index (κ2) is 11.2. The maximum atomic E-state index is 14.7. The predicted molar refractivity (Wildman–Crippen MR) is 151 cm³/mol. The van der Waals surface area contributed by atoms with Crippen molar-refractivity contribution in [2.45, 2.75) is 45.2 Å². The third kappa shape index (κ3) is 5.87. The smallest absolute Gasteiger partial charge is 0.353 e. The van der Waals surface area contributed by atoms with Crippen LogP contribution >= 0.6 is 0 Å². The average molecular weight is 625 g/mol. The molecule has 5 heterocycles. The molecule has 0 radical (unpaired) electrons. The number of hydrogen-bond acceptors (Lipinski definition) is 9. The number of nitrogens with zero attached hydrogens (tertiary/aromatic N) is 8. The Hall–Kier alpha value is -5.48. The van der Waals surface area contributed by atoms with Gasteiger partial charge in [0.15, 0.2) is 5.78 Å². The van der Waals surface area contributed by atoms with Crippen molar-refractivity contribution in [3.63, 3.8) is 0 Å². The van der Waals surface area contributed by atoms with Gasteiger partial charge in [0, 0.05) is 46.5 Å². The Balaban J connectivity index is 1.25. The molecule has 1 aromatic carbocycles. The summed E-state index contributed by atoms with van der Waals surface area (Å²) in [4.78, 5) is 55.6. The number of ketones is 1. The topological polar surface area (TPSA) is 152 Å². The predicted octanol–water partition coefficient (Wildman–Crippen LogP) is 3.72. The fourth-order valence-electron chi connectivity index (χ4n) is 5.27. The summed E-state index contributed by atoms with van der Waals surface area (Å²) in [5.74, 6) is -3.66. The molecule has 232 valence electrons. The summed E-state index contributed by atoms with van der Waals surface area (Å²) in [7, 11) is 0. The van der Waals surface area contributed by atoms with Gasteiger partial charge in [-0.15, -0.1) is 5.10 Å². The van der Waals surface area contributed by atoms with E-state index in [2.05, 4.69) is 35.7 Å². The zero-order valence-corrected chi connectivity index (χ0v) is 23.7. The quantitative estimate of drug-likeness (QED) is 0.204. The lowest BCUT2D eigenvalue weighted by Gasteiger charge is -2.24. The van der Waals surface area contributed by atoms with Crippen LogP contribution in [0.4, 0.5) is 34.8 Å². The Labute approximate surface area is 251 Å². The molecule has 1 saturated heterocycles. The van der Waals surface area contributed by atoms with E-state index in [1.54, 1.807) is 35.2 Å². The average Bonchev–Trinajstić information content (AvgIpc) is 3.69. The Bertz CT molecular complexity index is 1960. The molecule has 0 bridgehead atoms. The molecule has 6 rings (SSSR count). The molecule has 13 nitrogen and oxygen atoms in total. The van der Waals surface area contributed by atoms with Gasteiger partial charge in [-0.3, -0.25) is 14.4 Å². The van der Waals surface area contributed by atoms with Gasteiger partial charge in [-0.2, -0.15) is 22.7 Å². The van der Waals surface area contributed by atoms with Crippen molar-refractivity contribution in [1.82, 2.24) is 39.0 Å². The second-order valence-electron chi connectivity index (χ2n) is 10.5. The number of likely N-dealkylation sites (tertiary alicyclic amines) is 1. The maximum Gasteiger partial charge on any atom is 0.453 e. The van der Waals surface area contributed by atoms with Crippen LogP contribution in [-0.4, -0.2) is 75.4 Å². The van der Waals surface area contributed by atoms with Gasteiger partial charge in [0.05, 0.1) is 24.6 Å². The van der Waals surface area contributed by atoms with E-state index >= 15 is 0 Å². The van der Waals surface area contributed by atoms with Crippen molar-refractivity contribution in [2.24, 2.45) is 0 Å².